The SMILES string of the molecule is O=C(COc1ccc([N+](=O)[O-])cc1Br)N/N=C\c1cc2c(cc1Br)OCO2. The summed E-state index contributed by atoms with van der Waals surface area (Å²) in [6.45, 7) is -0.148. The second kappa shape index (κ2) is 8.35. The number of carbonyl (C=O) groups is 1. The first-order valence-corrected chi connectivity index (χ1v) is 9.00. The summed E-state index contributed by atoms with van der Waals surface area (Å²) in [5.74, 6) is 1.04. The molecule has 0 fully saturated rings. The number of fused-ring (bicyclic) bond motifs is 1. The predicted octanol–water partition coefficient (Wildman–Crippen LogP) is 3.38. The van der Waals surface area contributed by atoms with E-state index in [4.69, 9.17) is 14.2 Å². The smallest absolute Gasteiger partial charge is 0.277 e. The highest BCUT2D eigenvalue weighted by Crippen LogP contribution is 2.36. The van der Waals surface area contributed by atoms with Crippen molar-refractivity contribution < 1.29 is 23.9 Å². The Morgan fingerprint density at radius 1 is 1.26 bits per heavy atom. The Bertz CT molecular complexity index is 935. The van der Waals surface area contributed by atoms with Crippen molar-refractivity contribution in [3.05, 3.63) is 55.0 Å². The zero-order chi connectivity index (χ0) is 19.4. The molecule has 27 heavy (non-hydrogen) atoms. The average molecular weight is 501 g/mol. The largest absolute Gasteiger partial charge is 0.483 e. The molecule has 1 N–H and O–H groups in total. The molecular weight excluding hydrogens is 490 g/mol. The van der Waals surface area contributed by atoms with E-state index in [0.29, 0.717) is 27.3 Å². The summed E-state index contributed by atoms with van der Waals surface area (Å²) in [5, 5.41) is 14.6. The van der Waals surface area contributed by atoms with Crippen molar-refractivity contribution >= 4 is 49.7 Å². The standard InChI is InChI=1S/C16H11Br2N3O6/c17-11-5-15-14(26-8-27-15)3-9(11)6-19-20-16(22)7-25-13-2-1-10(21(23)24)4-12(13)18/h1-6H,7-8H2,(H,20,22)/b19-6-. The van der Waals surface area contributed by atoms with Crippen LogP contribution in [0.4, 0.5) is 5.69 Å². The van der Waals surface area contributed by atoms with Gasteiger partial charge in [-0.2, -0.15) is 5.10 Å². The molecule has 140 valence electrons. The molecule has 0 aromatic heterocycles. The molecule has 9 nitrogen and oxygen atoms in total. The van der Waals surface area contributed by atoms with E-state index in [0.717, 1.165) is 4.47 Å². The normalized spacial score (nSPS) is 12.2. The van der Waals surface area contributed by atoms with Gasteiger partial charge < -0.3 is 14.2 Å². The molecule has 3 rings (SSSR count). The van der Waals surface area contributed by atoms with Gasteiger partial charge in [0.1, 0.15) is 5.75 Å². The van der Waals surface area contributed by atoms with E-state index in [1.165, 1.54) is 24.4 Å². The van der Waals surface area contributed by atoms with Gasteiger partial charge in [-0.1, -0.05) is 0 Å². The fourth-order valence-electron chi connectivity index (χ4n) is 2.10. The molecule has 0 saturated heterocycles. The lowest BCUT2D eigenvalue weighted by Gasteiger charge is -2.07. The van der Waals surface area contributed by atoms with Gasteiger partial charge in [0.2, 0.25) is 6.79 Å². The maximum absolute atomic E-state index is 11.8. The molecule has 0 bridgehead atoms. The Balaban J connectivity index is 1.54. The topological polar surface area (TPSA) is 112 Å². The molecule has 1 aliphatic heterocycles. The summed E-state index contributed by atoms with van der Waals surface area (Å²) in [5.41, 5.74) is 2.94. The molecule has 0 spiro atoms. The van der Waals surface area contributed by atoms with Gasteiger partial charge in [0.05, 0.1) is 15.6 Å². The second-order valence-corrected chi connectivity index (χ2v) is 6.89. The van der Waals surface area contributed by atoms with Crippen LogP contribution in [0.3, 0.4) is 0 Å². The van der Waals surface area contributed by atoms with E-state index in [-0.39, 0.29) is 19.1 Å². The van der Waals surface area contributed by atoms with Gasteiger partial charge in [-0.3, -0.25) is 14.9 Å². The molecule has 0 atom stereocenters. The molecule has 1 amide bonds. The Hall–Kier alpha value is -2.66. The van der Waals surface area contributed by atoms with Crippen LogP contribution in [0.2, 0.25) is 0 Å². The lowest BCUT2D eigenvalue weighted by Crippen LogP contribution is -2.24. The van der Waals surface area contributed by atoms with Crippen LogP contribution in [-0.2, 0) is 4.79 Å². The van der Waals surface area contributed by atoms with Crippen molar-refractivity contribution in [1.29, 1.82) is 0 Å². The molecule has 0 saturated carbocycles. The van der Waals surface area contributed by atoms with Gasteiger partial charge in [-0.15, -0.1) is 0 Å². The number of carbonyl (C=O) groups excluding carboxylic acids is 1. The Kier molecular flexibility index (Phi) is 5.91. The molecule has 0 radical (unpaired) electrons. The maximum atomic E-state index is 11.8. The van der Waals surface area contributed by atoms with E-state index >= 15 is 0 Å². The number of nitrogens with zero attached hydrogens (tertiary/aromatic N) is 2. The highest BCUT2D eigenvalue weighted by Gasteiger charge is 2.15. The number of nitro benzene ring substituents is 1. The number of amides is 1. The van der Waals surface area contributed by atoms with E-state index < -0.39 is 10.8 Å². The van der Waals surface area contributed by atoms with Crippen LogP contribution in [0, 0.1) is 10.1 Å². The number of hydrogen-bond donors (Lipinski definition) is 1. The highest BCUT2D eigenvalue weighted by atomic mass is 79.9. The van der Waals surface area contributed by atoms with Crippen molar-refractivity contribution in [3.63, 3.8) is 0 Å². The summed E-state index contributed by atoms with van der Waals surface area (Å²) in [4.78, 5) is 22.0. The minimum absolute atomic E-state index is 0.0856. The van der Waals surface area contributed by atoms with E-state index in [1.54, 1.807) is 12.1 Å². The Morgan fingerprint density at radius 2 is 2.00 bits per heavy atom. The number of hydrogen-bond acceptors (Lipinski definition) is 7. The zero-order valence-corrected chi connectivity index (χ0v) is 16.7. The second-order valence-electron chi connectivity index (χ2n) is 5.18. The van der Waals surface area contributed by atoms with E-state index in [2.05, 4.69) is 42.4 Å². The number of hydrazone groups is 1. The minimum atomic E-state index is -0.524. The first kappa shape index (κ1) is 19.1. The minimum Gasteiger partial charge on any atom is -0.483 e. The van der Waals surface area contributed by atoms with Crippen LogP contribution in [-0.4, -0.2) is 30.4 Å². The molecule has 2 aromatic carbocycles. The lowest BCUT2D eigenvalue weighted by molar-refractivity contribution is -0.384. The molecule has 11 heteroatoms. The Morgan fingerprint density at radius 3 is 2.70 bits per heavy atom. The van der Waals surface area contributed by atoms with Crippen LogP contribution in [0.1, 0.15) is 5.56 Å². The van der Waals surface area contributed by atoms with Crippen LogP contribution >= 0.6 is 31.9 Å². The van der Waals surface area contributed by atoms with Crippen LogP contribution < -0.4 is 19.6 Å². The highest BCUT2D eigenvalue weighted by molar-refractivity contribution is 9.10. The molecule has 0 aliphatic carbocycles. The third kappa shape index (κ3) is 4.74. The first-order valence-electron chi connectivity index (χ1n) is 7.42. The average Bonchev–Trinajstić information content (AvgIpc) is 3.07. The van der Waals surface area contributed by atoms with Crippen molar-refractivity contribution in [2.24, 2.45) is 5.10 Å². The van der Waals surface area contributed by atoms with Crippen molar-refractivity contribution in [2.75, 3.05) is 13.4 Å². The van der Waals surface area contributed by atoms with Crippen molar-refractivity contribution in [1.82, 2.24) is 5.43 Å². The number of ether oxygens (including phenoxy) is 3. The molecule has 1 heterocycles. The summed E-state index contributed by atoms with van der Waals surface area (Å²) >= 11 is 6.55. The number of benzene rings is 2. The summed E-state index contributed by atoms with van der Waals surface area (Å²) < 4.78 is 17.0. The van der Waals surface area contributed by atoms with Crippen LogP contribution in [0.25, 0.3) is 0 Å². The molecule has 0 unspecified atom stereocenters. The number of nitrogens with one attached hydrogen (secondary N) is 1. The third-order valence-corrected chi connectivity index (χ3v) is 4.68. The summed E-state index contributed by atoms with van der Waals surface area (Å²) in [6.07, 6.45) is 1.45. The van der Waals surface area contributed by atoms with Gasteiger partial charge in [0.15, 0.2) is 18.1 Å². The third-order valence-electron chi connectivity index (χ3n) is 3.37. The zero-order valence-electron chi connectivity index (χ0n) is 13.5. The van der Waals surface area contributed by atoms with Gasteiger partial charge in [-0.25, -0.2) is 5.43 Å². The van der Waals surface area contributed by atoms with Gasteiger partial charge in [0.25, 0.3) is 11.6 Å². The molecular formula is C16H11Br2N3O6. The number of non-ortho nitro benzene ring substituents is 1. The lowest BCUT2D eigenvalue weighted by atomic mass is 10.2. The fraction of sp³-hybridized carbons (Fsp3) is 0.125. The monoisotopic (exact) mass is 499 g/mol. The van der Waals surface area contributed by atoms with Crippen LogP contribution in [0.15, 0.2) is 44.4 Å². The van der Waals surface area contributed by atoms with Crippen molar-refractivity contribution in [3.8, 4) is 17.2 Å². The first-order chi connectivity index (χ1) is 12.9. The van der Waals surface area contributed by atoms with Gasteiger partial charge in [-0.05, 0) is 50.1 Å². The maximum Gasteiger partial charge on any atom is 0.277 e. The predicted molar refractivity (Wildman–Crippen MR) is 102 cm³/mol. The van der Waals surface area contributed by atoms with Crippen molar-refractivity contribution in [2.45, 2.75) is 0 Å². The molecule has 1 aliphatic rings. The van der Waals surface area contributed by atoms with Gasteiger partial charge >= 0.3 is 0 Å². The van der Waals surface area contributed by atoms with E-state index in [1.807, 2.05) is 0 Å². The molecule has 2 aromatic rings. The fourth-order valence-corrected chi connectivity index (χ4v) is 3.01. The van der Waals surface area contributed by atoms with E-state index in [9.17, 15) is 14.9 Å². The summed E-state index contributed by atoms with van der Waals surface area (Å²) in [6, 6.07) is 7.46. The van der Waals surface area contributed by atoms with Crippen LogP contribution in [0.5, 0.6) is 17.2 Å². The number of rotatable bonds is 6. The summed E-state index contributed by atoms with van der Waals surface area (Å²) in [7, 11) is 0. The quantitative estimate of drug-likeness (QED) is 0.369. The Labute approximate surface area is 169 Å². The number of halogens is 2. The van der Waals surface area contributed by atoms with Gasteiger partial charge in [0, 0.05) is 22.2 Å². The number of nitro groups is 1.